The Morgan fingerprint density at radius 1 is 1.15 bits per heavy atom. The molecule has 0 aliphatic rings. The number of carbonyl (C=O) groups is 1. The fourth-order valence-corrected chi connectivity index (χ4v) is 1.73. The van der Waals surface area contributed by atoms with E-state index in [2.05, 4.69) is 15.5 Å². The van der Waals surface area contributed by atoms with Crippen LogP contribution in [0.4, 0.5) is 5.69 Å². The molecule has 2 rings (SSSR count). The quantitative estimate of drug-likeness (QED) is 0.868. The lowest BCUT2D eigenvalue weighted by Gasteiger charge is -2.13. The number of benzene rings is 1. The van der Waals surface area contributed by atoms with Crippen LogP contribution in [0.5, 0.6) is 17.2 Å². The van der Waals surface area contributed by atoms with E-state index in [4.69, 9.17) is 14.2 Å². The molecular weight excluding hydrogens is 262 g/mol. The molecule has 2 aromatic rings. The lowest BCUT2D eigenvalue weighted by atomic mass is 10.1. The van der Waals surface area contributed by atoms with Crippen LogP contribution in [0.1, 0.15) is 10.4 Å². The first-order valence-electron chi connectivity index (χ1n) is 5.79. The summed E-state index contributed by atoms with van der Waals surface area (Å²) in [5.74, 6) is 0.980. The summed E-state index contributed by atoms with van der Waals surface area (Å²) in [6.45, 7) is 0. The Labute approximate surface area is 115 Å². The third kappa shape index (κ3) is 2.66. The van der Waals surface area contributed by atoms with E-state index in [1.165, 1.54) is 27.5 Å². The molecule has 0 spiro atoms. The van der Waals surface area contributed by atoms with Gasteiger partial charge in [-0.05, 0) is 12.1 Å². The summed E-state index contributed by atoms with van der Waals surface area (Å²) in [6, 6.07) is 3.16. The molecule has 0 aliphatic heterocycles. The van der Waals surface area contributed by atoms with Gasteiger partial charge in [-0.3, -0.25) is 9.89 Å². The summed E-state index contributed by atoms with van der Waals surface area (Å²) < 4.78 is 15.6. The number of hydrogen-bond acceptors (Lipinski definition) is 5. The minimum atomic E-state index is -0.300. The van der Waals surface area contributed by atoms with Gasteiger partial charge in [0.2, 0.25) is 5.75 Å². The Kier molecular flexibility index (Phi) is 4.09. The predicted molar refractivity (Wildman–Crippen MR) is 72.6 cm³/mol. The van der Waals surface area contributed by atoms with Crippen LogP contribution in [-0.2, 0) is 0 Å². The van der Waals surface area contributed by atoms with Crippen molar-refractivity contribution in [1.29, 1.82) is 0 Å². The maximum absolute atomic E-state index is 12.1. The molecule has 0 saturated heterocycles. The topological polar surface area (TPSA) is 85.5 Å². The summed E-state index contributed by atoms with van der Waals surface area (Å²) in [7, 11) is 4.50. The predicted octanol–water partition coefficient (Wildman–Crippen LogP) is 1.69. The molecule has 0 atom stereocenters. The molecule has 0 radical (unpaired) electrons. The third-order valence-electron chi connectivity index (χ3n) is 2.68. The first-order chi connectivity index (χ1) is 9.69. The Hall–Kier alpha value is -2.70. The van der Waals surface area contributed by atoms with E-state index in [-0.39, 0.29) is 5.91 Å². The van der Waals surface area contributed by atoms with Crippen LogP contribution < -0.4 is 19.5 Å². The number of nitrogens with one attached hydrogen (secondary N) is 2. The van der Waals surface area contributed by atoms with Crippen molar-refractivity contribution in [3.63, 3.8) is 0 Å². The molecule has 2 N–H and O–H groups in total. The fourth-order valence-electron chi connectivity index (χ4n) is 1.73. The van der Waals surface area contributed by atoms with Gasteiger partial charge in [0.15, 0.2) is 11.5 Å². The van der Waals surface area contributed by atoms with Gasteiger partial charge in [0.05, 0.1) is 33.2 Å². The van der Waals surface area contributed by atoms with E-state index >= 15 is 0 Å². The van der Waals surface area contributed by atoms with E-state index in [1.54, 1.807) is 18.3 Å². The highest BCUT2D eigenvalue weighted by Crippen LogP contribution is 2.38. The van der Waals surface area contributed by atoms with Crippen molar-refractivity contribution in [1.82, 2.24) is 10.2 Å². The fraction of sp³-hybridized carbons (Fsp3) is 0.231. The molecule has 7 heteroatoms. The number of anilines is 1. The highest BCUT2D eigenvalue weighted by Gasteiger charge is 2.17. The van der Waals surface area contributed by atoms with Crippen molar-refractivity contribution in [2.75, 3.05) is 26.6 Å². The van der Waals surface area contributed by atoms with Crippen LogP contribution >= 0.6 is 0 Å². The van der Waals surface area contributed by atoms with Crippen LogP contribution in [0.3, 0.4) is 0 Å². The van der Waals surface area contributed by atoms with Gasteiger partial charge in [0.25, 0.3) is 5.91 Å². The van der Waals surface area contributed by atoms with Gasteiger partial charge in [0.1, 0.15) is 0 Å². The molecule has 106 valence electrons. The number of ether oxygens (including phenoxy) is 3. The molecule has 7 nitrogen and oxygen atoms in total. The molecule has 0 aliphatic carbocycles. The summed E-state index contributed by atoms with van der Waals surface area (Å²) in [5, 5.41) is 9.06. The highest BCUT2D eigenvalue weighted by molar-refractivity contribution is 6.05. The molecule has 0 saturated carbocycles. The minimum Gasteiger partial charge on any atom is -0.493 e. The first kappa shape index (κ1) is 13.7. The average molecular weight is 277 g/mol. The minimum absolute atomic E-state index is 0.300. The van der Waals surface area contributed by atoms with Crippen molar-refractivity contribution in [3.05, 3.63) is 30.1 Å². The first-order valence-corrected chi connectivity index (χ1v) is 5.79. The largest absolute Gasteiger partial charge is 0.493 e. The second-order valence-electron chi connectivity index (χ2n) is 3.86. The van der Waals surface area contributed by atoms with Crippen molar-refractivity contribution in [3.8, 4) is 17.2 Å². The normalized spacial score (nSPS) is 9.95. The monoisotopic (exact) mass is 277 g/mol. The number of carbonyl (C=O) groups excluding carboxylic acids is 1. The van der Waals surface area contributed by atoms with E-state index in [0.717, 1.165) is 0 Å². The van der Waals surface area contributed by atoms with E-state index in [0.29, 0.717) is 28.5 Å². The molecule has 0 fully saturated rings. The van der Waals surface area contributed by atoms with Crippen LogP contribution in [0.2, 0.25) is 0 Å². The number of rotatable bonds is 5. The lowest BCUT2D eigenvalue weighted by molar-refractivity contribution is 0.102. The Bertz CT molecular complexity index is 571. The standard InChI is InChI=1S/C13H15N3O4/c1-18-10-4-8(5-11(19-2)12(10)20-3)13(17)16-9-6-14-15-7-9/h4-7H,1-3H3,(H,14,15)(H,16,17). The van der Waals surface area contributed by atoms with Crippen LogP contribution in [-0.4, -0.2) is 37.4 Å². The number of methoxy groups -OCH3 is 3. The summed E-state index contributed by atoms with van der Waals surface area (Å²) >= 11 is 0. The average Bonchev–Trinajstić information content (AvgIpc) is 2.98. The molecule has 1 amide bonds. The van der Waals surface area contributed by atoms with Gasteiger partial charge in [-0.25, -0.2) is 0 Å². The summed E-state index contributed by atoms with van der Waals surface area (Å²) in [6.07, 6.45) is 3.09. The molecule has 1 aromatic carbocycles. The molecule has 1 aromatic heterocycles. The maximum atomic E-state index is 12.1. The number of amides is 1. The highest BCUT2D eigenvalue weighted by atomic mass is 16.5. The van der Waals surface area contributed by atoms with Gasteiger partial charge in [0, 0.05) is 11.8 Å². The number of aromatic amines is 1. The van der Waals surface area contributed by atoms with Crippen molar-refractivity contribution >= 4 is 11.6 Å². The zero-order valence-corrected chi connectivity index (χ0v) is 11.4. The Morgan fingerprint density at radius 3 is 2.25 bits per heavy atom. The van der Waals surface area contributed by atoms with Gasteiger partial charge < -0.3 is 19.5 Å². The maximum Gasteiger partial charge on any atom is 0.256 e. The van der Waals surface area contributed by atoms with Gasteiger partial charge in [-0.15, -0.1) is 0 Å². The van der Waals surface area contributed by atoms with Crippen LogP contribution in [0, 0.1) is 0 Å². The zero-order chi connectivity index (χ0) is 14.5. The SMILES string of the molecule is COc1cc(C(=O)Nc2cn[nH]c2)cc(OC)c1OC. The molecule has 0 bridgehead atoms. The Morgan fingerprint density at radius 2 is 1.80 bits per heavy atom. The second-order valence-corrected chi connectivity index (χ2v) is 3.86. The number of nitrogens with zero attached hydrogens (tertiary/aromatic N) is 1. The van der Waals surface area contributed by atoms with Crippen LogP contribution in [0.25, 0.3) is 0 Å². The van der Waals surface area contributed by atoms with Crippen molar-refractivity contribution < 1.29 is 19.0 Å². The van der Waals surface area contributed by atoms with E-state index in [9.17, 15) is 4.79 Å². The third-order valence-corrected chi connectivity index (χ3v) is 2.68. The Balaban J connectivity index is 2.34. The van der Waals surface area contributed by atoms with Crippen molar-refractivity contribution in [2.24, 2.45) is 0 Å². The van der Waals surface area contributed by atoms with Gasteiger partial charge in [-0.2, -0.15) is 5.10 Å². The van der Waals surface area contributed by atoms with Gasteiger partial charge in [-0.1, -0.05) is 0 Å². The van der Waals surface area contributed by atoms with E-state index < -0.39 is 0 Å². The lowest BCUT2D eigenvalue weighted by Crippen LogP contribution is -2.12. The van der Waals surface area contributed by atoms with Crippen molar-refractivity contribution in [2.45, 2.75) is 0 Å². The number of H-pyrrole nitrogens is 1. The zero-order valence-electron chi connectivity index (χ0n) is 11.4. The van der Waals surface area contributed by atoms with E-state index in [1.807, 2.05) is 0 Å². The molecule has 20 heavy (non-hydrogen) atoms. The summed E-state index contributed by atoms with van der Waals surface area (Å²) in [4.78, 5) is 12.1. The smallest absolute Gasteiger partial charge is 0.256 e. The summed E-state index contributed by atoms with van der Waals surface area (Å²) in [5.41, 5.74) is 0.962. The number of aromatic nitrogens is 2. The molecule has 0 unspecified atom stereocenters. The number of hydrogen-bond donors (Lipinski definition) is 2. The molecular formula is C13H15N3O4. The second kappa shape index (κ2) is 5.96. The van der Waals surface area contributed by atoms with Crippen LogP contribution in [0.15, 0.2) is 24.5 Å². The van der Waals surface area contributed by atoms with Gasteiger partial charge >= 0.3 is 0 Å². The molecule has 1 heterocycles.